The van der Waals surface area contributed by atoms with Gasteiger partial charge in [0.05, 0.1) is 16.7 Å². The smallest absolute Gasteiger partial charge is 0.0562 e. The van der Waals surface area contributed by atoms with Crippen molar-refractivity contribution in [3.05, 3.63) is 243 Å². The monoisotopic (exact) mass is 788 g/mol. The van der Waals surface area contributed by atoms with Crippen LogP contribution in [0, 0.1) is 0 Å². The molecule has 0 amide bonds. The van der Waals surface area contributed by atoms with Gasteiger partial charge in [-0.15, -0.1) is 0 Å². The maximum atomic E-state index is 2.46. The highest BCUT2D eigenvalue weighted by atomic mass is 15.1. The first-order chi connectivity index (χ1) is 30.8. The largest absolute Gasteiger partial charge is 0.310 e. The number of aromatic nitrogens is 1. The predicted molar refractivity (Wildman–Crippen MR) is 264 cm³/mol. The first-order valence-corrected chi connectivity index (χ1v) is 21.3. The van der Waals surface area contributed by atoms with Crippen molar-refractivity contribution in [2.45, 2.75) is 0 Å². The van der Waals surface area contributed by atoms with Crippen molar-refractivity contribution in [2.75, 3.05) is 4.90 Å². The van der Waals surface area contributed by atoms with Gasteiger partial charge in [-0.3, -0.25) is 0 Å². The van der Waals surface area contributed by atoms with Crippen LogP contribution in [0.5, 0.6) is 0 Å². The summed E-state index contributed by atoms with van der Waals surface area (Å²) in [6.45, 7) is 0. The second kappa shape index (κ2) is 14.8. The zero-order valence-electron chi connectivity index (χ0n) is 34.0. The van der Waals surface area contributed by atoms with E-state index in [9.17, 15) is 0 Å². The van der Waals surface area contributed by atoms with Gasteiger partial charge in [-0.25, -0.2) is 0 Å². The minimum Gasteiger partial charge on any atom is -0.310 e. The summed E-state index contributed by atoms with van der Waals surface area (Å²) in [6.07, 6.45) is 0. The second-order valence-corrected chi connectivity index (χ2v) is 16.1. The lowest BCUT2D eigenvalue weighted by Crippen LogP contribution is -2.10. The summed E-state index contributed by atoms with van der Waals surface area (Å²) in [7, 11) is 0. The number of hydrogen-bond donors (Lipinski definition) is 0. The SMILES string of the molecule is c1ccc(-c2c(-c3ccccc3)c3cc(-c4cccc(N(c5ccc6ccccc6c5)c5cccc6c5c5ccccc5n6-c5ccccc5)c4)ccc3c3ccccc23)cc1. The van der Waals surface area contributed by atoms with E-state index in [4.69, 9.17) is 0 Å². The molecule has 11 aromatic carbocycles. The molecule has 0 aliphatic heterocycles. The fourth-order valence-electron chi connectivity index (χ4n) is 9.79. The maximum absolute atomic E-state index is 2.46. The highest BCUT2D eigenvalue weighted by Gasteiger charge is 2.23. The Morgan fingerprint density at radius 3 is 1.61 bits per heavy atom. The third-order valence-corrected chi connectivity index (χ3v) is 12.5. The summed E-state index contributed by atoms with van der Waals surface area (Å²) < 4.78 is 2.40. The van der Waals surface area contributed by atoms with E-state index in [0.29, 0.717) is 0 Å². The van der Waals surface area contributed by atoms with Crippen molar-refractivity contribution in [1.29, 1.82) is 0 Å². The molecule has 62 heavy (non-hydrogen) atoms. The van der Waals surface area contributed by atoms with Gasteiger partial charge in [0.15, 0.2) is 0 Å². The number of benzene rings is 11. The minimum atomic E-state index is 1.09. The number of rotatable bonds is 7. The second-order valence-electron chi connectivity index (χ2n) is 16.1. The molecule has 2 heteroatoms. The molecule has 0 fully saturated rings. The molecule has 290 valence electrons. The first-order valence-electron chi connectivity index (χ1n) is 21.3. The zero-order valence-corrected chi connectivity index (χ0v) is 34.0. The molecule has 2 nitrogen and oxygen atoms in total. The molecule has 0 aliphatic carbocycles. The molecule has 0 saturated carbocycles. The van der Waals surface area contributed by atoms with Gasteiger partial charge in [-0.2, -0.15) is 0 Å². The number of para-hydroxylation sites is 2. The molecule has 1 heterocycles. The van der Waals surface area contributed by atoms with Gasteiger partial charge in [0.25, 0.3) is 0 Å². The summed E-state index contributed by atoms with van der Waals surface area (Å²) in [5.74, 6) is 0. The van der Waals surface area contributed by atoms with Gasteiger partial charge >= 0.3 is 0 Å². The van der Waals surface area contributed by atoms with Crippen molar-refractivity contribution in [3.63, 3.8) is 0 Å². The summed E-state index contributed by atoms with van der Waals surface area (Å²) in [5.41, 5.74) is 14.1. The van der Waals surface area contributed by atoms with Crippen LogP contribution in [0.15, 0.2) is 243 Å². The van der Waals surface area contributed by atoms with Crippen LogP contribution in [0.2, 0.25) is 0 Å². The average molecular weight is 789 g/mol. The van der Waals surface area contributed by atoms with Crippen LogP contribution in [0.3, 0.4) is 0 Å². The number of anilines is 3. The van der Waals surface area contributed by atoms with Crippen LogP contribution in [0.25, 0.3) is 93.2 Å². The van der Waals surface area contributed by atoms with Crippen LogP contribution >= 0.6 is 0 Å². The molecule has 0 N–H and O–H groups in total. The Hall–Kier alpha value is -8.20. The summed E-state index contributed by atoms with van der Waals surface area (Å²) in [6, 6.07) is 88.6. The molecule has 12 aromatic rings. The Kier molecular flexibility index (Phi) is 8.53. The molecule has 0 aliphatic rings. The van der Waals surface area contributed by atoms with E-state index in [1.807, 2.05) is 0 Å². The van der Waals surface area contributed by atoms with Crippen LogP contribution in [0.1, 0.15) is 0 Å². The highest BCUT2D eigenvalue weighted by molar-refractivity contribution is 6.22. The molecule has 0 saturated heterocycles. The number of nitrogens with zero attached hydrogens (tertiary/aromatic N) is 2. The quantitative estimate of drug-likeness (QED) is 0.146. The Bertz CT molecular complexity index is 3620. The Morgan fingerprint density at radius 2 is 0.839 bits per heavy atom. The third-order valence-electron chi connectivity index (χ3n) is 12.5. The molecular formula is C60H40N2. The van der Waals surface area contributed by atoms with E-state index >= 15 is 0 Å². The molecule has 0 bridgehead atoms. The number of fused-ring (bicyclic) bond motifs is 7. The van der Waals surface area contributed by atoms with Crippen molar-refractivity contribution in [3.8, 4) is 39.1 Å². The zero-order chi connectivity index (χ0) is 41.0. The molecule has 12 rings (SSSR count). The average Bonchev–Trinajstić information content (AvgIpc) is 3.69. The molecule has 0 atom stereocenters. The summed E-state index contributed by atoms with van der Waals surface area (Å²) in [5, 5.41) is 9.85. The van der Waals surface area contributed by atoms with Crippen LogP contribution in [-0.2, 0) is 0 Å². The first kappa shape index (κ1) is 35.7. The van der Waals surface area contributed by atoms with Gasteiger partial charge in [0, 0.05) is 27.8 Å². The highest BCUT2D eigenvalue weighted by Crippen LogP contribution is 2.47. The van der Waals surface area contributed by atoms with E-state index in [-0.39, 0.29) is 0 Å². The van der Waals surface area contributed by atoms with Crippen LogP contribution < -0.4 is 4.90 Å². The van der Waals surface area contributed by atoms with Gasteiger partial charge in [0.2, 0.25) is 0 Å². The van der Waals surface area contributed by atoms with Crippen LogP contribution in [-0.4, -0.2) is 4.57 Å². The Labute approximate surface area is 360 Å². The Morgan fingerprint density at radius 1 is 0.290 bits per heavy atom. The summed E-state index contributed by atoms with van der Waals surface area (Å²) >= 11 is 0. The Balaban J connectivity index is 1.11. The van der Waals surface area contributed by atoms with E-state index < -0.39 is 0 Å². The molecule has 0 radical (unpaired) electrons. The number of hydrogen-bond acceptors (Lipinski definition) is 1. The topological polar surface area (TPSA) is 8.17 Å². The predicted octanol–water partition coefficient (Wildman–Crippen LogP) is 16.7. The van der Waals surface area contributed by atoms with Crippen molar-refractivity contribution in [1.82, 2.24) is 4.57 Å². The molecule has 0 spiro atoms. The lowest BCUT2D eigenvalue weighted by atomic mass is 9.84. The van der Waals surface area contributed by atoms with Crippen molar-refractivity contribution >= 4 is 71.2 Å². The van der Waals surface area contributed by atoms with Gasteiger partial charge in [0.1, 0.15) is 0 Å². The van der Waals surface area contributed by atoms with Crippen molar-refractivity contribution in [2.24, 2.45) is 0 Å². The normalized spacial score (nSPS) is 11.5. The standard InChI is InChI=1S/C60H40N2/c1-4-19-42(20-5-1)58-52-29-13-12-28-50(52)51-37-35-46(40-54(51)59(58)43-21-6-2-7-22-43)45-24-16-27-48(39-45)61(49-36-34-41-18-10-11-23-44(41)38-49)56-32-17-33-57-60(56)53-30-14-15-31-55(53)62(57)47-25-8-3-9-26-47/h1-40H. The van der Waals surface area contributed by atoms with Gasteiger partial charge < -0.3 is 9.47 Å². The van der Waals surface area contributed by atoms with Gasteiger partial charge in [-0.05, 0) is 126 Å². The van der Waals surface area contributed by atoms with Crippen LogP contribution in [0.4, 0.5) is 17.1 Å². The minimum absolute atomic E-state index is 1.09. The van der Waals surface area contributed by atoms with E-state index in [1.54, 1.807) is 0 Å². The van der Waals surface area contributed by atoms with E-state index in [1.165, 1.54) is 81.9 Å². The van der Waals surface area contributed by atoms with Crippen molar-refractivity contribution < 1.29 is 0 Å². The fourth-order valence-corrected chi connectivity index (χ4v) is 9.79. The maximum Gasteiger partial charge on any atom is 0.0562 e. The molecule has 0 unspecified atom stereocenters. The summed E-state index contributed by atoms with van der Waals surface area (Å²) in [4.78, 5) is 2.46. The molecule has 1 aromatic heterocycles. The fraction of sp³-hybridized carbons (Fsp3) is 0. The lowest BCUT2D eigenvalue weighted by molar-refractivity contribution is 1.18. The van der Waals surface area contributed by atoms with E-state index in [0.717, 1.165) is 28.3 Å². The van der Waals surface area contributed by atoms with Gasteiger partial charge in [-0.1, -0.05) is 182 Å². The molecular weight excluding hydrogens is 749 g/mol. The lowest BCUT2D eigenvalue weighted by Gasteiger charge is -2.27. The third kappa shape index (κ3) is 5.88. The van der Waals surface area contributed by atoms with E-state index in [2.05, 4.69) is 252 Å².